The van der Waals surface area contributed by atoms with Gasteiger partial charge < -0.3 is 38.1 Å². The number of piperazine rings is 1. The van der Waals surface area contributed by atoms with Crippen molar-refractivity contribution in [2.24, 2.45) is 0 Å². The standard InChI is InChI=1S/C36H42N2O9/c1-18-30(41-4)21-15-22-36(40)38-23(17-47-16-20-13-11-10-12-14-20)25-26(31(42-5)19(2)33(44-7)35(25)46-9)29(39)28(38)27(37(22)3)24(21)34(45-8)32(18)43-6/h10-14,22-23,27-28H,15-17H2,1-9H3/t22-,23+,27+,28+/m1/s1. The fourth-order valence-corrected chi connectivity index (χ4v) is 7.98. The molecule has 0 N–H and O–H groups in total. The molecule has 0 radical (unpaired) electrons. The summed E-state index contributed by atoms with van der Waals surface area (Å²) in [5.74, 6) is 2.35. The maximum Gasteiger partial charge on any atom is 0.241 e. The van der Waals surface area contributed by atoms with Crippen molar-refractivity contribution >= 4 is 11.7 Å². The molecule has 4 atom stereocenters. The Labute approximate surface area is 275 Å². The average molecular weight is 647 g/mol. The van der Waals surface area contributed by atoms with Crippen molar-refractivity contribution in [3.8, 4) is 34.5 Å². The van der Waals surface area contributed by atoms with Gasteiger partial charge in [0.05, 0.1) is 79.6 Å². The maximum atomic E-state index is 15.1. The fraction of sp³-hybridized carbons (Fsp3) is 0.444. The highest BCUT2D eigenvalue weighted by atomic mass is 16.5. The number of hydrogen-bond donors (Lipinski definition) is 0. The van der Waals surface area contributed by atoms with E-state index in [1.54, 1.807) is 33.3 Å². The number of amides is 1. The van der Waals surface area contributed by atoms with Crippen LogP contribution in [0.1, 0.15) is 55.8 Å². The smallest absolute Gasteiger partial charge is 0.241 e. The van der Waals surface area contributed by atoms with Gasteiger partial charge in [-0.25, -0.2) is 0 Å². The predicted molar refractivity (Wildman–Crippen MR) is 173 cm³/mol. The molecule has 3 aliphatic heterocycles. The van der Waals surface area contributed by atoms with Crippen molar-refractivity contribution in [1.29, 1.82) is 0 Å². The highest BCUT2D eigenvalue weighted by Gasteiger charge is 2.59. The molecule has 0 unspecified atom stereocenters. The normalized spacial score (nSPS) is 21.4. The minimum absolute atomic E-state index is 0.0941. The first-order chi connectivity index (χ1) is 22.7. The number of fused-ring (bicyclic) bond motifs is 7. The molecule has 3 aromatic rings. The van der Waals surface area contributed by atoms with Gasteiger partial charge >= 0.3 is 0 Å². The molecule has 11 nitrogen and oxygen atoms in total. The third-order valence-corrected chi connectivity index (χ3v) is 9.92. The first kappa shape index (κ1) is 32.5. The van der Waals surface area contributed by atoms with Gasteiger partial charge in [-0.15, -0.1) is 0 Å². The van der Waals surface area contributed by atoms with E-state index in [1.165, 1.54) is 14.2 Å². The number of nitrogens with zero attached hydrogens (tertiary/aromatic N) is 2. The number of carbonyl (C=O) groups is 2. The maximum absolute atomic E-state index is 15.1. The number of methoxy groups -OCH3 is 6. The summed E-state index contributed by atoms with van der Waals surface area (Å²) in [5.41, 5.74) is 4.79. The predicted octanol–water partition coefficient (Wildman–Crippen LogP) is 4.62. The van der Waals surface area contributed by atoms with Gasteiger partial charge in [-0.3, -0.25) is 14.5 Å². The second-order valence-electron chi connectivity index (χ2n) is 12.0. The van der Waals surface area contributed by atoms with Crippen LogP contribution in [-0.2, 0) is 22.6 Å². The Balaban J connectivity index is 1.62. The molecule has 3 aromatic carbocycles. The molecule has 47 heavy (non-hydrogen) atoms. The zero-order valence-electron chi connectivity index (χ0n) is 28.4. The Hall–Kier alpha value is -4.48. The molecule has 250 valence electrons. The van der Waals surface area contributed by atoms with E-state index in [9.17, 15) is 4.79 Å². The highest BCUT2D eigenvalue weighted by molar-refractivity contribution is 6.10. The van der Waals surface area contributed by atoms with Gasteiger partial charge in [0.25, 0.3) is 0 Å². The summed E-state index contributed by atoms with van der Waals surface area (Å²) in [4.78, 5) is 33.6. The monoisotopic (exact) mass is 646 g/mol. The van der Waals surface area contributed by atoms with Crippen LogP contribution in [0.2, 0.25) is 0 Å². The minimum atomic E-state index is -0.960. The van der Waals surface area contributed by atoms with Crippen LogP contribution in [-0.4, -0.2) is 89.9 Å². The van der Waals surface area contributed by atoms with E-state index in [2.05, 4.69) is 0 Å². The average Bonchev–Trinajstić information content (AvgIpc) is 3.07. The largest absolute Gasteiger partial charge is 0.496 e. The number of rotatable bonds is 10. The zero-order chi connectivity index (χ0) is 33.7. The first-order valence-corrected chi connectivity index (χ1v) is 15.5. The van der Waals surface area contributed by atoms with Gasteiger partial charge in [-0.1, -0.05) is 30.3 Å². The lowest BCUT2D eigenvalue weighted by molar-refractivity contribution is -0.156. The second kappa shape index (κ2) is 12.6. The van der Waals surface area contributed by atoms with Gasteiger partial charge in [0.15, 0.2) is 28.8 Å². The molecule has 2 bridgehead atoms. The van der Waals surface area contributed by atoms with Crippen LogP contribution in [0.5, 0.6) is 34.5 Å². The van der Waals surface area contributed by atoms with Crippen molar-refractivity contribution in [3.05, 3.63) is 69.3 Å². The summed E-state index contributed by atoms with van der Waals surface area (Å²) in [6.07, 6.45) is 0.352. The van der Waals surface area contributed by atoms with Gasteiger partial charge in [-0.05, 0) is 26.5 Å². The van der Waals surface area contributed by atoms with E-state index >= 15 is 4.79 Å². The van der Waals surface area contributed by atoms with Crippen LogP contribution in [0.15, 0.2) is 30.3 Å². The van der Waals surface area contributed by atoms with Crippen molar-refractivity contribution in [3.63, 3.8) is 0 Å². The van der Waals surface area contributed by atoms with E-state index in [1.807, 2.05) is 56.1 Å². The van der Waals surface area contributed by atoms with Crippen LogP contribution < -0.4 is 28.4 Å². The summed E-state index contributed by atoms with van der Waals surface area (Å²) >= 11 is 0. The second-order valence-corrected chi connectivity index (χ2v) is 12.0. The molecule has 0 aromatic heterocycles. The number of hydrogen-bond acceptors (Lipinski definition) is 10. The van der Waals surface area contributed by atoms with Crippen LogP contribution >= 0.6 is 0 Å². The Morgan fingerprint density at radius 1 is 0.702 bits per heavy atom. The molecule has 11 heteroatoms. The molecule has 0 saturated carbocycles. The number of likely N-dealkylation sites (N-methyl/N-ethyl adjacent to an activating group) is 1. The van der Waals surface area contributed by atoms with Gasteiger partial charge in [-0.2, -0.15) is 0 Å². The van der Waals surface area contributed by atoms with Crippen molar-refractivity contribution < 1.29 is 42.7 Å². The SMILES string of the molecule is COc1c(C)c(OC)c(OC)c2c1C[C@@H]1C(=O)N3[C@H](C(=O)c4c(OC)c(C)c(OC)c(OC)c4[C@@H]3COCc3ccccc3)[C@H]2N1C. The molecule has 1 fully saturated rings. The van der Waals surface area contributed by atoms with E-state index < -0.39 is 24.2 Å². The number of Topliss-reactive ketones (excluding diaryl/α,β-unsaturated/α-hetero) is 1. The lowest BCUT2D eigenvalue weighted by Gasteiger charge is -2.56. The number of carbonyl (C=O) groups excluding carboxylic acids is 2. The molecule has 1 saturated heterocycles. The molecule has 1 amide bonds. The Kier molecular flexibility index (Phi) is 8.71. The number of benzene rings is 3. The van der Waals surface area contributed by atoms with Gasteiger partial charge in [0.1, 0.15) is 17.5 Å². The molecule has 0 aliphatic carbocycles. The van der Waals surface area contributed by atoms with Crippen LogP contribution in [0.3, 0.4) is 0 Å². The highest BCUT2D eigenvalue weighted by Crippen LogP contribution is 2.58. The lowest BCUT2D eigenvalue weighted by Crippen LogP contribution is -2.68. The minimum Gasteiger partial charge on any atom is -0.496 e. The van der Waals surface area contributed by atoms with Crippen molar-refractivity contribution in [2.75, 3.05) is 56.3 Å². The topological polar surface area (TPSA) is 105 Å². The fourth-order valence-electron chi connectivity index (χ4n) is 7.98. The first-order valence-electron chi connectivity index (χ1n) is 15.5. The van der Waals surface area contributed by atoms with Crippen molar-refractivity contribution in [1.82, 2.24) is 9.80 Å². The van der Waals surface area contributed by atoms with E-state index in [0.29, 0.717) is 64.2 Å². The Morgan fingerprint density at radius 3 is 1.83 bits per heavy atom. The van der Waals surface area contributed by atoms with E-state index in [0.717, 1.165) is 22.3 Å². The molecule has 3 heterocycles. The summed E-state index contributed by atoms with van der Waals surface area (Å²) in [6, 6.07) is 6.96. The third-order valence-electron chi connectivity index (χ3n) is 9.92. The van der Waals surface area contributed by atoms with E-state index in [-0.39, 0.29) is 18.3 Å². The molecule has 0 spiro atoms. The summed E-state index contributed by atoms with van der Waals surface area (Å²) in [7, 11) is 11.3. The summed E-state index contributed by atoms with van der Waals surface area (Å²) in [5, 5.41) is 0. The Bertz CT molecular complexity index is 1720. The quantitative estimate of drug-likeness (QED) is 0.310. The van der Waals surface area contributed by atoms with Gasteiger partial charge in [0, 0.05) is 34.2 Å². The Morgan fingerprint density at radius 2 is 1.26 bits per heavy atom. The molecular weight excluding hydrogens is 604 g/mol. The number of ether oxygens (including phenoxy) is 7. The van der Waals surface area contributed by atoms with Crippen LogP contribution in [0, 0.1) is 13.8 Å². The van der Waals surface area contributed by atoms with Crippen LogP contribution in [0.25, 0.3) is 0 Å². The molecular formula is C36H42N2O9. The molecule has 6 rings (SSSR count). The van der Waals surface area contributed by atoms with Crippen molar-refractivity contribution in [2.45, 2.75) is 51.0 Å². The van der Waals surface area contributed by atoms with Gasteiger partial charge in [0.2, 0.25) is 5.91 Å². The zero-order valence-corrected chi connectivity index (χ0v) is 28.4. The molecule has 3 aliphatic rings. The van der Waals surface area contributed by atoms with Crippen LogP contribution in [0.4, 0.5) is 0 Å². The number of ketones is 1. The summed E-state index contributed by atoms with van der Waals surface area (Å²) in [6.45, 7) is 4.13. The lowest BCUT2D eigenvalue weighted by atomic mass is 9.72. The summed E-state index contributed by atoms with van der Waals surface area (Å²) < 4.78 is 41.9. The van der Waals surface area contributed by atoms with E-state index in [4.69, 9.17) is 33.2 Å². The third kappa shape index (κ3) is 4.70.